The molecule has 2 aromatic carbocycles. The number of halogens is 2. The fourth-order valence-electron chi connectivity index (χ4n) is 2.93. The molecule has 0 saturated heterocycles. The zero-order valence-corrected chi connectivity index (χ0v) is 16.8. The smallest absolute Gasteiger partial charge is 0.249 e. The van der Waals surface area contributed by atoms with E-state index in [1.165, 1.54) is 11.3 Å². The number of thiazole rings is 1. The summed E-state index contributed by atoms with van der Waals surface area (Å²) in [7, 11) is 0. The Morgan fingerprint density at radius 2 is 1.79 bits per heavy atom. The largest absolute Gasteiger partial charge is 0.306 e. The molecule has 5 rings (SSSR count). The van der Waals surface area contributed by atoms with Gasteiger partial charge in [0, 0.05) is 16.0 Å². The molecule has 9 heteroatoms. The third kappa shape index (κ3) is 2.97. The molecule has 3 aromatic heterocycles. The third-order valence-electron chi connectivity index (χ3n) is 4.26. The summed E-state index contributed by atoms with van der Waals surface area (Å²) in [6, 6.07) is 13.1. The molecule has 0 radical (unpaired) electrons. The molecule has 3 heterocycles. The van der Waals surface area contributed by atoms with Crippen molar-refractivity contribution in [3.05, 3.63) is 63.6 Å². The van der Waals surface area contributed by atoms with Gasteiger partial charge in [-0.05, 0) is 37.3 Å². The van der Waals surface area contributed by atoms with Crippen molar-refractivity contribution in [3.8, 4) is 11.3 Å². The Balaban J connectivity index is 1.56. The SMILES string of the molecule is Cc1nc2ccccc2nc1Nc1nc2scc(-c3cc(Cl)ccc3Cl)n2n1. The van der Waals surface area contributed by atoms with Gasteiger partial charge in [0.25, 0.3) is 0 Å². The standard InChI is InChI=1S/C19H12Cl2N6S/c1-10-17(23-15-5-3-2-4-14(15)22-10)24-18-25-19-27(26-18)16(9-28-19)12-8-11(20)6-7-13(12)21/h2-9H,1H3,(H,23,24,26). The van der Waals surface area contributed by atoms with Crippen LogP contribution in [0.4, 0.5) is 11.8 Å². The van der Waals surface area contributed by atoms with Crippen LogP contribution in [0.3, 0.4) is 0 Å². The van der Waals surface area contributed by atoms with Gasteiger partial charge >= 0.3 is 0 Å². The van der Waals surface area contributed by atoms with Gasteiger partial charge < -0.3 is 5.32 Å². The van der Waals surface area contributed by atoms with Crippen LogP contribution in [0.15, 0.2) is 47.8 Å². The van der Waals surface area contributed by atoms with Gasteiger partial charge in [0.2, 0.25) is 10.9 Å². The van der Waals surface area contributed by atoms with Crippen molar-refractivity contribution in [1.82, 2.24) is 24.6 Å². The number of para-hydroxylation sites is 2. The van der Waals surface area contributed by atoms with Gasteiger partial charge in [-0.3, -0.25) is 0 Å². The van der Waals surface area contributed by atoms with Crippen molar-refractivity contribution in [2.75, 3.05) is 5.32 Å². The number of aryl methyl sites for hydroxylation is 1. The Hall–Kier alpha value is -2.74. The van der Waals surface area contributed by atoms with Crippen LogP contribution in [0.1, 0.15) is 5.69 Å². The number of hydrogen-bond donors (Lipinski definition) is 1. The minimum absolute atomic E-state index is 0.443. The van der Waals surface area contributed by atoms with E-state index in [1.807, 2.05) is 42.6 Å². The van der Waals surface area contributed by atoms with Gasteiger partial charge in [0.05, 0.1) is 27.4 Å². The Bertz CT molecular complexity index is 1340. The highest BCUT2D eigenvalue weighted by Gasteiger charge is 2.15. The molecule has 0 saturated carbocycles. The van der Waals surface area contributed by atoms with Crippen LogP contribution in [0.5, 0.6) is 0 Å². The predicted molar refractivity (Wildman–Crippen MR) is 114 cm³/mol. The summed E-state index contributed by atoms with van der Waals surface area (Å²) in [6.45, 7) is 1.90. The zero-order chi connectivity index (χ0) is 19.3. The summed E-state index contributed by atoms with van der Waals surface area (Å²) in [4.78, 5) is 14.5. The van der Waals surface area contributed by atoms with Gasteiger partial charge in [-0.2, -0.15) is 4.98 Å². The van der Waals surface area contributed by atoms with Gasteiger partial charge in [0.1, 0.15) is 0 Å². The van der Waals surface area contributed by atoms with Crippen LogP contribution in [-0.4, -0.2) is 24.6 Å². The zero-order valence-electron chi connectivity index (χ0n) is 14.5. The number of anilines is 2. The molecule has 1 N–H and O–H groups in total. The van der Waals surface area contributed by atoms with Crippen LogP contribution in [0.2, 0.25) is 10.0 Å². The molecule has 5 aromatic rings. The fraction of sp³-hybridized carbons (Fsp3) is 0.0526. The van der Waals surface area contributed by atoms with Crippen molar-refractivity contribution in [2.45, 2.75) is 6.92 Å². The predicted octanol–water partition coefficient (Wildman–Crippen LogP) is 5.76. The first-order valence-corrected chi connectivity index (χ1v) is 10.0. The maximum absolute atomic E-state index is 6.35. The summed E-state index contributed by atoms with van der Waals surface area (Å²) >= 11 is 14.0. The van der Waals surface area contributed by atoms with E-state index in [9.17, 15) is 0 Å². The first-order valence-electron chi connectivity index (χ1n) is 8.38. The monoisotopic (exact) mass is 426 g/mol. The van der Waals surface area contributed by atoms with Crippen LogP contribution in [0.25, 0.3) is 27.3 Å². The molecule has 0 atom stereocenters. The maximum Gasteiger partial charge on any atom is 0.249 e. The van der Waals surface area contributed by atoms with E-state index in [4.69, 9.17) is 23.2 Å². The topological polar surface area (TPSA) is 68.0 Å². The van der Waals surface area contributed by atoms with Gasteiger partial charge in [0.15, 0.2) is 5.82 Å². The van der Waals surface area contributed by atoms with Crippen molar-refractivity contribution in [2.24, 2.45) is 0 Å². The highest BCUT2D eigenvalue weighted by atomic mass is 35.5. The van der Waals surface area contributed by atoms with Gasteiger partial charge in [-0.25, -0.2) is 14.5 Å². The lowest BCUT2D eigenvalue weighted by Gasteiger charge is -2.06. The number of aromatic nitrogens is 5. The Morgan fingerprint density at radius 1 is 1.00 bits per heavy atom. The molecule has 0 bridgehead atoms. The average molecular weight is 427 g/mol. The molecule has 0 aliphatic carbocycles. The molecule has 0 aliphatic rings. The Labute approximate surface area is 173 Å². The van der Waals surface area contributed by atoms with Crippen LogP contribution in [-0.2, 0) is 0 Å². The molecule has 0 fully saturated rings. The molecule has 6 nitrogen and oxygen atoms in total. The summed E-state index contributed by atoms with van der Waals surface area (Å²) in [5, 5.41) is 10.9. The lowest BCUT2D eigenvalue weighted by atomic mass is 10.2. The van der Waals surface area contributed by atoms with Crippen LogP contribution in [0, 0.1) is 6.92 Å². The van der Waals surface area contributed by atoms with Crippen molar-refractivity contribution in [3.63, 3.8) is 0 Å². The summed E-state index contributed by atoms with van der Waals surface area (Å²) in [6.07, 6.45) is 0. The fourth-order valence-corrected chi connectivity index (χ4v) is 4.13. The van der Waals surface area contributed by atoms with E-state index in [1.54, 1.807) is 16.6 Å². The molecule has 0 unspecified atom stereocenters. The van der Waals surface area contributed by atoms with E-state index in [0.717, 1.165) is 32.9 Å². The van der Waals surface area contributed by atoms with E-state index in [2.05, 4.69) is 25.4 Å². The first-order chi connectivity index (χ1) is 13.6. The van der Waals surface area contributed by atoms with Crippen molar-refractivity contribution < 1.29 is 0 Å². The maximum atomic E-state index is 6.35. The van der Waals surface area contributed by atoms with Crippen molar-refractivity contribution in [1.29, 1.82) is 0 Å². The number of benzene rings is 2. The third-order valence-corrected chi connectivity index (χ3v) is 5.64. The lowest BCUT2D eigenvalue weighted by molar-refractivity contribution is 0.986. The van der Waals surface area contributed by atoms with E-state index in [0.29, 0.717) is 21.8 Å². The second-order valence-corrected chi connectivity index (χ2v) is 7.83. The molecule has 0 amide bonds. The van der Waals surface area contributed by atoms with Crippen molar-refractivity contribution >= 4 is 62.3 Å². The Morgan fingerprint density at radius 3 is 2.61 bits per heavy atom. The number of hydrogen-bond acceptors (Lipinski definition) is 6. The Kier molecular flexibility index (Phi) is 4.16. The van der Waals surface area contributed by atoms with Gasteiger partial charge in [-0.15, -0.1) is 16.4 Å². The molecular formula is C19H12Cl2N6S. The van der Waals surface area contributed by atoms with Crippen LogP contribution >= 0.6 is 34.5 Å². The number of rotatable bonds is 3. The van der Waals surface area contributed by atoms with E-state index >= 15 is 0 Å². The summed E-state index contributed by atoms with van der Waals surface area (Å²) < 4.78 is 1.74. The van der Waals surface area contributed by atoms with Gasteiger partial charge in [-0.1, -0.05) is 35.3 Å². The molecule has 138 valence electrons. The highest BCUT2D eigenvalue weighted by molar-refractivity contribution is 7.15. The van der Waals surface area contributed by atoms with E-state index in [-0.39, 0.29) is 0 Å². The second kappa shape index (κ2) is 6.70. The first kappa shape index (κ1) is 17.4. The van der Waals surface area contributed by atoms with Crippen LogP contribution < -0.4 is 5.32 Å². The number of nitrogens with one attached hydrogen (secondary N) is 1. The van der Waals surface area contributed by atoms with E-state index < -0.39 is 0 Å². The number of nitrogens with zero attached hydrogens (tertiary/aromatic N) is 5. The quantitative estimate of drug-likeness (QED) is 0.397. The normalized spacial score (nSPS) is 11.4. The molecule has 0 spiro atoms. The lowest BCUT2D eigenvalue weighted by Crippen LogP contribution is -2.01. The number of fused-ring (bicyclic) bond motifs is 2. The molecule has 28 heavy (non-hydrogen) atoms. The molecule has 0 aliphatic heterocycles. The molecular weight excluding hydrogens is 415 g/mol. The summed E-state index contributed by atoms with van der Waals surface area (Å²) in [5.41, 5.74) is 4.06. The average Bonchev–Trinajstić information content (AvgIpc) is 3.24. The minimum atomic E-state index is 0.443. The highest BCUT2D eigenvalue weighted by Crippen LogP contribution is 2.33. The minimum Gasteiger partial charge on any atom is -0.306 e. The second-order valence-electron chi connectivity index (χ2n) is 6.15. The summed E-state index contributed by atoms with van der Waals surface area (Å²) in [5.74, 6) is 1.07.